The van der Waals surface area contributed by atoms with Crippen LogP contribution >= 0.6 is 11.6 Å². The van der Waals surface area contributed by atoms with Crippen molar-refractivity contribution in [2.45, 2.75) is 55.8 Å². The lowest BCUT2D eigenvalue weighted by Crippen LogP contribution is -2.69. The Morgan fingerprint density at radius 2 is 1.80 bits per heavy atom. The molecule has 6 heterocycles. The average Bonchev–Trinajstić information content (AvgIpc) is 3.84. The fraction of sp³-hybridized carbons (Fsp3) is 0.485. The van der Waals surface area contributed by atoms with E-state index in [1.165, 1.54) is 38.5 Å². The molecular formula is C33H38ClN7O3. The number of benzene rings is 2. The number of ether oxygens (including phenoxy) is 2. The number of amides is 1. The number of aromatic nitrogens is 2. The van der Waals surface area contributed by atoms with Crippen molar-refractivity contribution < 1.29 is 14.3 Å². The topological polar surface area (TPSA) is 86.3 Å². The average molecular weight is 616 g/mol. The van der Waals surface area contributed by atoms with Crippen LogP contribution in [0.1, 0.15) is 48.0 Å². The van der Waals surface area contributed by atoms with E-state index < -0.39 is 0 Å². The molecule has 2 unspecified atom stereocenters. The van der Waals surface area contributed by atoms with Crippen LogP contribution in [0.4, 0.5) is 17.3 Å². The van der Waals surface area contributed by atoms with Crippen LogP contribution in [0.25, 0.3) is 0 Å². The minimum atomic E-state index is -0.197. The number of nitrogens with zero attached hydrogens (tertiary/aromatic N) is 6. The van der Waals surface area contributed by atoms with Gasteiger partial charge >= 0.3 is 0 Å². The summed E-state index contributed by atoms with van der Waals surface area (Å²) in [5, 5.41) is 3.53. The fourth-order valence-electron chi connectivity index (χ4n) is 7.79. The number of rotatable bonds is 7. The van der Waals surface area contributed by atoms with E-state index in [0.717, 1.165) is 55.0 Å². The molecule has 5 fully saturated rings. The number of hydrogen-bond acceptors (Lipinski definition) is 9. The second kappa shape index (κ2) is 10.5. The number of piperazine rings is 1. The summed E-state index contributed by atoms with van der Waals surface area (Å²) in [7, 11) is 5.80. The number of nitrogens with one attached hydrogen (secondary N) is 1. The van der Waals surface area contributed by atoms with Crippen LogP contribution < -0.4 is 19.7 Å². The number of anilines is 3. The highest BCUT2D eigenvalue weighted by atomic mass is 35.5. The maximum atomic E-state index is 13.1. The summed E-state index contributed by atoms with van der Waals surface area (Å²) >= 11 is 6.47. The van der Waals surface area contributed by atoms with Gasteiger partial charge in [-0.2, -0.15) is 4.98 Å². The minimum Gasteiger partial charge on any atom is -0.494 e. The summed E-state index contributed by atoms with van der Waals surface area (Å²) in [6, 6.07) is 14.1. The Kier molecular flexibility index (Phi) is 6.66. The molecule has 2 atom stereocenters. The Balaban J connectivity index is 0.958. The molecule has 6 aliphatic rings. The normalized spacial score (nSPS) is 24.3. The van der Waals surface area contributed by atoms with Crippen molar-refractivity contribution >= 4 is 34.8 Å². The van der Waals surface area contributed by atoms with Gasteiger partial charge < -0.3 is 24.6 Å². The van der Waals surface area contributed by atoms with Gasteiger partial charge in [-0.1, -0.05) is 23.7 Å². The molecule has 230 valence electrons. The third-order valence-electron chi connectivity index (χ3n) is 10.7. The molecule has 10 nitrogen and oxygen atoms in total. The van der Waals surface area contributed by atoms with Gasteiger partial charge in [0.2, 0.25) is 11.8 Å². The highest BCUT2D eigenvalue weighted by molar-refractivity contribution is 6.31. The largest absolute Gasteiger partial charge is 0.494 e. The van der Waals surface area contributed by atoms with Crippen molar-refractivity contribution in [1.82, 2.24) is 24.7 Å². The van der Waals surface area contributed by atoms with Crippen molar-refractivity contribution in [2.75, 3.05) is 57.6 Å². The zero-order chi connectivity index (χ0) is 30.2. The van der Waals surface area contributed by atoms with Gasteiger partial charge in [0, 0.05) is 63.1 Å². The fourth-order valence-corrected chi connectivity index (χ4v) is 7.92. The van der Waals surface area contributed by atoms with E-state index in [1.54, 1.807) is 13.2 Å². The second-order valence-electron chi connectivity index (χ2n) is 12.9. The molecule has 0 radical (unpaired) electrons. The molecule has 2 aromatic carbocycles. The number of fused-ring (bicyclic) bond motifs is 4. The van der Waals surface area contributed by atoms with Crippen LogP contribution in [0, 0.1) is 0 Å². The molecule has 1 aromatic heterocycles. The van der Waals surface area contributed by atoms with Gasteiger partial charge in [0.1, 0.15) is 16.5 Å². The molecule has 1 aliphatic carbocycles. The number of hydrogen-bond donors (Lipinski definition) is 1. The van der Waals surface area contributed by atoms with Gasteiger partial charge in [-0.15, -0.1) is 0 Å². The standard InChI is InChI=1S/C33H38ClN7O3/c1-38-22-15-23(38)19-41(18-22)20-9-13-40(14-10-20)21-7-8-26(28(16-21)43-3)36-32-35-17-25(34)30(37-32)44-27-6-4-5-24-29(27)31(42)39(2)33(24)11-12-33/h4-8,16-17,20,22-23H,9-15,18-19H2,1-3H3,(H,35,36,37). The zero-order valence-electron chi connectivity index (χ0n) is 25.4. The third kappa shape index (κ3) is 4.49. The molecule has 2 bridgehead atoms. The lowest BCUT2D eigenvalue weighted by Gasteiger charge is -2.57. The Hall–Kier alpha value is -3.60. The van der Waals surface area contributed by atoms with Gasteiger partial charge in [0.25, 0.3) is 5.91 Å². The van der Waals surface area contributed by atoms with Crippen molar-refractivity contribution in [3.05, 3.63) is 58.7 Å². The Morgan fingerprint density at radius 1 is 1.02 bits per heavy atom. The minimum absolute atomic E-state index is 0.0403. The van der Waals surface area contributed by atoms with Crippen LogP contribution in [0.3, 0.4) is 0 Å². The first kappa shape index (κ1) is 27.9. The van der Waals surface area contributed by atoms with E-state index in [0.29, 0.717) is 29.1 Å². The number of halogens is 1. The highest BCUT2D eigenvalue weighted by Crippen LogP contribution is 2.57. The monoisotopic (exact) mass is 615 g/mol. The molecule has 11 heteroatoms. The Morgan fingerprint density at radius 3 is 2.50 bits per heavy atom. The first-order valence-corrected chi connectivity index (χ1v) is 16.0. The van der Waals surface area contributed by atoms with Gasteiger partial charge in [-0.05, 0) is 62.9 Å². The smallest absolute Gasteiger partial charge is 0.258 e. The van der Waals surface area contributed by atoms with Gasteiger partial charge in [0.05, 0.1) is 30.1 Å². The van der Waals surface area contributed by atoms with Crippen molar-refractivity contribution in [3.8, 4) is 17.4 Å². The second-order valence-corrected chi connectivity index (χ2v) is 13.3. The van der Waals surface area contributed by atoms with Gasteiger partial charge in [-0.25, -0.2) is 4.98 Å². The molecule has 1 amide bonds. The third-order valence-corrected chi connectivity index (χ3v) is 11.0. The van der Waals surface area contributed by atoms with E-state index in [4.69, 9.17) is 21.1 Å². The summed E-state index contributed by atoms with van der Waals surface area (Å²) in [6.45, 7) is 4.50. The van der Waals surface area contributed by atoms with Gasteiger partial charge in [0.15, 0.2) is 0 Å². The molecule has 5 aliphatic heterocycles. The van der Waals surface area contributed by atoms with Crippen LogP contribution in [-0.4, -0.2) is 96.1 Å². The van der Waals surface area contributed by atoms with E-state index in [1.807, 2.05) is 30.1 Å². The maximum absolute atomic E-state index is 13.1. The molecular weight excluding hydrogens is 578 g/mol. The molecule has 44 heavy (non-hydrogen) atoms. The van der Waals surface area contributed by atoms with Crippen LogP contribution in [0.5, 0.6) is 17.4 Å². The van der Waals surface area contributed by atoms with Gasteiger partial charge in [-0.3, -0.25) is 14.6 Å². The number of carbonyl (C=O) groups is 1. The number of piperidine rings is 2. The number of carbonyl (C=O) groups excluding carboxylic acids is 1. The highest BCUT2D eigenvalue weighted by Gasteiger charge is 2.57. The molecule has 4 saturated heterocycles. The zero-order valence-corrected chi connectivity index (χ0v) is 26.2. The predicted molar refractivity (Wildman–Crippen MR) is 170 cm³/mol. The van der Waals surface area contributed by atoms with Crippen LogP contribution in [0.15, 0.2) is 42.6 Å². The van der Waals surface area contributed by atoms with Crippen LogP contribution in [0.2, 0.25) is 5.02 Å². The first-order valence-electron chi connectivity index (χ1n) is 15.6. The predicted octanol–water partition coefficient (Wildman–Crippen LogP) is 5.11. The van der Waals surface area contributed by atoms with Crippen molar-refractivity contribution in [1.29, 1.82) is 0 Å². The number of methoxy groups -OCH3 is 1. The van der Waals surface area contributed by atoms with E-state index in [2.05, 4.69) is 49.2 Å². The molecule has 3 aromatic rings. The van der Waals surface area contributed by atoms with Crippen LogP contribution in [-0.2, 0) is 5.54 Å². The Labute approximate surface area is 262 Å². The van der Waals surface area contributed by atoms with Crippen molar-refractivity contribution in [3.63, 3.8) is 0 Å². The van der Waals surface area contributed by atoms with Crippen molar-refractivity contribution in [2.24, 2.45) is 0 Å². The molecule has 1 spiro atoms. The summed E-state index contributed by atoms with van der Waals surface area (Å²) in [6.07, 6.45) is 7.16. The molecule has 1 N–H and O–H groups in total. The summed E-state index contributed by atoms with van der Waals surface area (Å²) < 4.78 is 12.0. The first-order chi connectivity index (χ1) is 21.3. The maximum Gasteiger partial charge on any atom is 0.258 e. The van der Waals surface area contributed by atoms with E-state index >= 15 is 0 Å². The molecule has 9 rings (SSSR count). The van der Waals surface area contributed by atoms with E-state index in [9.17, 15) is 4.79 Å². The Bertz CT molecular complexity index is 1610. The summed E-state index contributed by atoms with van der Waals surface area (Å²) in [4.78, 5) is 31.6. The number of likely N-dealkylation sites (N-methyl/N-ethyl adjacent to an activating group) is 1. The summed E-state index contributed by atoms with van der Waals surface area (Å²) in [5.74, 6) is 1.61. The quantitative estimate of drug-likeness (QED) is 0.390. The molecule has 1 saturated carbocycles. The summed E-state index contributed by atoms with van der Waals surface area (Å²) in [5.41, 5.74) is 3.28. The SMILES string of the molecule is COc1cc(N2CCC(N3CC4CC(C3)N4C)CC2)ccc1Nc1ncc(Cl)c(Oc2cccc3c2C(=O)N(C)C32CC2)n1. The lowest BCUT2D eigenvalue weighted by molar-refractivity contribution is -0.0681. The lowest BCUT2D eigenvalue weighted by atomic mass is 9.86. The van der Waals surface area contributed by atoms with E-state index in [-0.39, 0.29) is 22.3 Å².